The SMILES string of the molecule is CCCCCC(C)NC(=NC)NCC(C)(C)N(C)C. The summed E-state index contributed by atoms with van der Waals surface area (Å²) in [5, 5.41) is 6.87. The molecule has 1 unspecified atom stereocenters. The predicted molar refractivity (Wildman–Crippen MR) is 85.9 cm³/mol. The maximum atomic E-state index is 4.29. The summed E-state index contributed by atoms with van der Waals surface area (Å²) in [7, 11) is 6.03. The first-order valence-corrected chi connectivity index (χ1v) is 7.48. The third kappa shape index (κ3) is 8.09. The molecule has 0 bridgehead atoms. The molecular formula is C15H34N4. The molecule has 0 radical (unpaired) electrons. The first kappa shape index (κ1) is 18.2. The van der Waals surface area contributed by atoms with Gasteiger partial charge in [-0.3, -0.25) is 4.99 Å². The molecule has 0 rings (SSSR count). The molecule has 0 spiro atoms. The van der Waals surface area contributed by atoms with Crippen LogP contribution in [0.15, 0.2) is 4.99 Å². The van der Waals surface area contributed by atoms with E-state index < -0.39 is 0 Å². The third-order valence-corrected chi connectivity index (χ3v) is 3.75. The Labute approximate surface area is 120 Å². The van der Waals surface area contributed by atoms with Crippen LogP contribution < -0.4 is 10.6 Å². The molecule has 0 aliphatic heterocycles. The minimum Gasteiger partial charge on any atom is -0.355 e. The van der Waals surface area contributed by atoms with Crippen LogP contribution in [0.1, 0.15) is 53.4 Å². The highest BCUT2D eigenvalue weighted by Gasteiger charge is 2.20. The molecule has 1 atom stereocenters. The van der Waals surface area contributed by atoms with Crippen molar-refractivity contribution in [1.29, 1.82) is 0 Å². The van der Waals surface area contributed by atoms with Crippen LogP contribution in [0.5, 0.6) is 0 Å². The van der Waals surface area contributed by atoms with Crippen LogP contribution in [-0.2, 0) is 0 Å². The number of unbranched alkanes of at least 4 members (excludes halogenated alkanes) is 2. The number of nitrogens with one attached hydrogen (secondary N) is 2. The summed E-state index contributed by atoms with van der Waals surface area (Å²) in [4.78, 5) is 6.51. The highest BCUT2D eigenvalue weighted by Crippen LogP contribution is 2.07. The van der Waals surface area contributed by atoms with E-state index in [1.54, 1.807) is 0 Å². The Hall–Kier alpha value is -0.770. The van der Waals surface area contributed by atoms with E-state index in [4.69, 9.17) is 0 Å². The zero-order valence-electron chi connectivity index (χ0n) is 14.0. The van der Waals surface area contributed by atoms with Gasteiger partial charge in [-0.25, -0.2) is 0 Å². The van der Waals surface area contributed by atoms with E-state index in [0.717, 1.165) is 12.5 Å². The molecule has 0 aliphatic carbocycles. The van der Waals surface area contributed by atoms with Crippen molar-refractivity contribution >= 4 is 5.96 Å². The van der Waals surface area contributed by atoms with Crippen LogP contribution in [-0.4, -0.2) is 50.1 Å². The number of hydrogen-bond donors (Lipinski definition) is 2. The normalized spacial score (nSPS) is 14.6. The van der Waals surface area contributed by atoms with Crippen LogP contribution in [0.4, 0.5) is 0 Å². The van der Waals surface area contributed by atoms with Crippen molar-refractivity contribution in [3.63, 3.8) is 0 Å². The molecule has 0 aliphatic rings. The Bertz CT molecular complexity index is 259. The molecule has 0 aromatic rings. The van der Waals surface area contributed by atoms with Crippen LogP contribution >= 0.6 is 0 Å². The quantitative estimate of drug-likeness (QED) is 0.404. The standard InChI is InChI=1S/C15H34N4/c1-8-9-10-11-13(2)18-14(16-5)17-12-15(3,4)19(6)7/h13H,8-12H2,1-7H3,(H2,16,17,18). The van der Waals surface area contributed by atoms with Gasteiger partial charge >= 0.3 is 0 Å². The molecule has 0 fully saturated rings. The minimum atomic E-state index is 0.114. The number of nitrogens with zero attached hydrogens (tertiary/aromatic N) is 2. The average Bonchev–Trinajstić information content (AvgIpc) is 2.34. The van der Waals surface area contributed by atoms with Crippen LogP contribution in [0.25, 0.3) is 0 Å². The van der Waals surface area contributed by atoms with Crippen molar-refractivity contribution in [3.05, 3.63) is 0 Å². The Morgan fingerprint density at radius 1 is 1.26 bits per heavy atom. The van der Waals surface area contributed by atoms with Crippen molar-refractivity contribution in [3.8, 4) is 0 Å². The van der Waals surface area contributed by atoms with E-state index in [0.29, 0.717) is 6.04 Å². The van der Waals surface area contributed by atoms with E-state index in [9.17, 15) is 0 Å². The van der Waals surface area contributed by atoms with Crippen LogP contribution in [0, 0.1) is 0 Å². The molecule has 0 aromatic carbocycles. The number of hydrogen-bond acceptors (Lipinski definition) is 2. The highest BCUT2D eigenvalue weighted by atomic mass is 15.2. The van der Waals surface area contributed by atoms with Gasteiger partial charge in [0.25, 0.3) is 0 Å². The molecule has 4 heteroatoms. The Morgan fingerprint density at radius 2 is 1.89 bits per heavy atom. The van der Waals surface area contributed by atoms with E-state index in [2.05, 4.69) is 62.3 Å². The van der Waals surface area contributed by atoms with Crippen molar-refractivity contribution in [1.82, 2.24) is 15.5 Å². The zero-order valence-corrected chi connectivity index (χ0v) is 14.0. The first-order valence-electron chi connectivity index (χ1n) is 7.48. The molecule has 114 valence electrons. The molecule has 0 saturated heterocycles. The van der Waals surface area contributed by atoms with Gasteiger partial charge in [0.1, 0.15) is 0 Å². The van der Waals surface area contributed by atoms with E-state index in [1.165, 1.54) is 25.7 Å². The van der Waals surface area contributed by atoms with Gasteiger partial charge in [0.2, 0.25) is 0 Å². The summed E-state index contributed by atoms with van der Waals surface area (Å²) in [5.41, 5.74) is 0.114. The van der Waals surface area contributed by atoms with Gasteiger partial charge in [-0.1, -0.05) is 26.2 Å². The zero-order chi connectivity index (χ0) is 14.9. The van der Waals surface area contributed by atoms with Gasteiger partial charge in [-0.05, 0) is 41.3 Å². The molecule has 19 heavy (non-hydrogen) atoms. The lowest BCUT2D eigenvalue weighted by Crippen LogP contribution is -2.52. The van der Waals surface area contributed by atoms with Gasteiger partial charge in [0.05, 0.1) is 0 Å². The summed E-state index contributed by atoms with van der Waals surface area (Å²) in [5.74, 6) is 0.902. The lowest BCUT2D eigenvalue weighted by Gasteiger charge is -2.33. The maximum absolute atomic E-state index is 4.29. The second kappa shape index (κ2) is 9.18. The molecule has 4 nitrogen and oxygen atoms in total. The summed E-state index contributed by atoms with van der Waals surface area (Å²) in [6.07, 6.45) is 5.07. The predicted octanol–water partition coefficient (Wildman–Crippen LogP) is 2.46. The van der Waals surface area contributed by atoms with Gasteiger partial charge in [0, 0.05) is 25.2 Å². The van der Waals surface area contributed by atoms with E-state index >= 15 is 0 Å². The summed E-state index contributed by atoms with van der Waals surface area (Å²) in [6, 6.07) is 0.472. The number of guanidine groups is 1. The van der Waals surface area contributed by atoms with Crippen molar-refractivity contribution < 1.29 is 0 Å². The lowest BCUT2D eigenvalue weighted by atomic mass is 10.0. The fourth-order valence-corrected chi connectivity index (χ4v) is 1.66. The Balaban J connectivity index is 4.09. The average molecular weight is 270 g/mol. The summed E-state index contributed by atoms with van der Waals surface area (Å²) in [6.45, 7) is 9.78. The molecular weight excluding hydrogens is 236 g/mol. The monoisotopic (exact) mass is 270 g/mol. The van der Waals surface area contributed by atoms with Gasteiger partial charge in [-0.15, -0.1) is 0 Å². The second-order valence-electron chi connectivity index (χ2n) is 6.17. The lowest BCUT2D eigenvalue weighted by molar-refractivity contribution is 0.197. The fraction of sp³-hybridized carbons (Fsp3) is 0.933. The topological polar surface area (TPSA) is 39.7 Å². The minimum absolute atomic E-state index is 0.114. The third-order valence-electron chi connectivity index (χ3n) is 3.75. The van der Waals surface area contributed by atoms with E-state index in [1.807, 2.05) is 7.05 Å². The Morgan fingerprint density at radius 3 is 2.37 bits per heavy atom. The first-order chi connectivity index (χ1) is 8.83. The number of aliphatic imine (C=N–C) groups is 1. The smallest absolute Gasteiger partial charge is 0.191 e. The van der Waals surface area contributed by atoms with Crippen LogP contribution in [0.3, 0.4) is 0 Å². The molecule has 0 saturated carbocycles. The Kier molecular flexibility index (Phi) is 8.81. The fourth-order valence-electron chi connectivity index (χ4n) is 1.66. The second-order valence-corrected chi connectivity index (χ2v) is 6.17. The van der Waals surface area contributed by atoms with Gasteiger partial charge in [0.15, 0.2) is 5.96 Å². The van der Waals surface area contributed by atoms with Crippen molar-refractivity contribution in [2.24, 2.45) is 4.99 Å². The summed E-state index contributed by atoms with van der Waals surface area (Å²) < 4.78 is 0. The van der Waals surface area contributed by atoms with Gasteiger partial charge in [-0.2, -0.15) is 0 Å². The highest BCUT2D eigenvalue weighted by molar-refractivity contribution is 5.79. The number of likely N-dealkylation sites (N-methyl/N-ethyl adjacent to an activating group) is 1. The largest absolute Gasteiger partial charge is 0.355 e. The molecule has 0 amide bonds. The maximum Gasteiger partial charge on any atom is 0.191 e. The van der Waals surface area contributed by atoms with E-state index in [-0.39, 0.29) is 5.54 Å². The van der Waals surface area contributed by atoms with Crippen molar-refractivity contribution in [2.75, 3.05) is 27.7 Å². The van der Waals surface area contributed by atoms with Gasteiger partial charge < -0.3 is 15.5 Å². The molecule has 0 aromatic heterocycles. The summed E-state index contributed by atoms with van der Waals surface area (Å²) >= 11 is 0. The molecule has 0 heterocycles. The number of rotatable bonds is 8. The van der Waals surface area contributed by atoms with Crippen molar-refractivity contribution in [2.45, 2.75) is 65.0 Å². The van der Waals surface area contributed by atoms with Crippen LogP contribution in [0.2, 0.25) is 0 Å². The molecule has 2 N–H and O–H groups in total.